The van der Waals surface area contributed by atoms with Crippen molar-refractivity contribution in [3.8, 4) is 5.75 Å². The van der Waals surface area contributed by atoms with Crippen LogP contribution < -0.4 is 4.74 Å². The van der Waals surface area contributed by atoms with Crippen LogP contribution in [0.25, 0.3) is 0 Å². The van der Waals surface area contributed by atoms with E-state index in [0.717, 1.165) is 5.75 Å². The Kier molecular flexibility index (Phi) is 25.2. The summed E-state index contributed by atoms with van der Waals surface area (Å²) in [5, 5.41) is 0. The van der Waals surface area contributed by atoms with E-state index in [1.807, 2.05) is 30.3 Å². The molecule has 0 saturated carbocycles. The second-order valence-corrected chi connectivity index (χ2v) is 10.9. The Morgan fingerprint density at radius 1 is 0.348 bits per heavy atom. The first-order valence-electron chi connectivity index (χ1n) is 15.5. The van der Waals surface area contributed by atoms with Gasteiger partial charge in [0.25, 0.3) is 10.1 Å². The van der Waals surface area contributed by atoms with E-state index in [-0.39, 0.29) is 18.1 Å². The lowest BCUT2D eigenvalue weighted by Gasteiger charge is -2.09. The third kappa shape index (κ3) is 23.2. The van der Waals surface area contributed by atoms with Crippen LogP contribution in [-0.4, -0.2) is 141 Å². The molecule has 14 heteroatoms. The van der Waals surface area contributed by atoms with Crippen molar-refractivity contribution in [2.45, 2.75) is 4.90 Å². The molecule has 0 spiro atoms. The molecule has 0 unspecified atom stereocenters. The van der Waals surface area contributed by atoms with Gasteiger partial charge in [-0.15, -0.1) is 0 Å². The SMILES string of the molecule is O=S(=O)(OCCOCCOCCOCCOCCOCCOCCOCCOCCOCCOc1ccccc1)c1ccccc1. The van der Waals surface area contributed by atoms with Crippen LogP contribution in [0.3, 0.4) is 0 Å². The van der Waals surface area contributed by atoms with Crippen molar-refractivity contribution in [3.05, 3.63) is 60.7 Å². The molecular formula is C32H50O13S. The lowest BCUT2D eigenvalue weighted by atomic mass is 10.3. The number of benzene rings is 2. The highest BCUT2D eigenvalue weighted by atomic mass is 32.2. The maximum absolute atomic E-state index is 12.0. The Balaban J connectivity index is 1.17. The fourth-order valence-electron chi connectivity index (χ4n) is 3.45. The molecule has 0 amide bonds. The third-order valence-electron chi connectivity index (χ3n) is 5.71. The number of hydrogen-bond donors (Lipinski definition) is 0. The molecule has 2 aromatic rings. The smallest absolute Gasteiger partial charge is 0.297 e. The lowest BCUT2D eigenvalue weighted by molar-refractivity contribution is -0.0257. The maximum Gasteiger partial charge on any atom is 0.297 e. The van der Waals surface area contributed by atoms with Gasteiger partial charge in [-0.05, 0) is 24.3 Å². The summed E-state index contributed by atoms with van der Waals surface area (Å²) in [4.78, 5) is 0.121. The van der Waals surface area contributed by atoms with Crippen LogP contribution in [0.1, 0.15) is 0 Å². The molecule has 46 heavy (non-hydrogen) atoms. The van der Waals surface area contributed by atoms with Crippen molar-refractivity contribution >= 4 is 10.1 Å². The lowest BCUT2D eigenvalue weighted by Crippen LogP contribution is -2.15. The fourth-order valence-corrected chi connectivity index (χ4v) is 4.37. The molecule has 0 atom stereocenters. The van der Waals surface area contributed by atoms with Crippen LogP contribution in [0, 0.1) is 0 Å². The summed E-state index contributed by atoms with van der Waals surface area (Å²) in [6.07, 6.45) is 0. The number of rotatable bonds is 33. The molecule has 13 nitrogen and oxygen atoms in total. The van der Waals surface area contributed by atoms with Crippen LogP contribution in [0.15, 0.2) is 65.6 Å². The Morgan fingerprint density at radius 2 is 0.630 bits per heavy atom. The zero-order valence-corrected chi connectivity index (χ0v) is 27.4. The predicted octanol–water partition coefficient (Wildman–Crippen LogP) is 2.62. The maximum atomic E-state index is 12.0. The quantitative estimate of drug-likeness (QED) is 0.0812. The van der Waals surface area contributed by atoms with Crippen molar-refractivity contribution < 1.29 is 60.0 Å². The molecule has 0 aliphatic rings. The largest absolute Gasteiger partial charge is 0.491 e. The summed E-state index contributed by atoms with van der Waals surface area (Å²) in [7, 11) is -3.76. The minimum Gasteiger partial charge on any atom is -0.491 e. The molecule has 0 bridgehead atoms. The van der Waals surface area contributed by atoms with E-state index in [0.29, 0.717) is 119 Å². The molecule has 2 aromatic carbocycles. The van der Waals surface area contributed by atoms with Crippen molar-refractivity contribution in [2.24, 2.45) is 0 Å². The number of para-hydroxylation sites is 1. The monoisotopic (exact) mass is 674 g/mol. The molecule has 0 N–H and O–H groups in total. The van der Waals surface area contributed by atoms with Crippen molar-refractivity contribution in [3.63, 3.8) is 0 Å². The summed E-state index contributed by atoms with van der Waals surface area (Å²) in [6.45, 7) is 8.57. The minimum atomic E-state index is -3.76. The van der Waals surface area contributed by atoms with E-state index in [2.05, 4.69) is 0 Å². The average molecular weight is 675 g/mol. The first kappa shape index (κ1) is 40.0. The molecule has 0 radical (unpaired) electrons. The minimum absolute atomic E-state index is 0.0580. The standard InChI is InChI=1S/C32H50O13S/c33-46(34,32-9-5-2-6-10-32)45-30-28-43-26-24-41-22-20-39-18-16-37-14-12-35-11-13-36-15-17-38-19-21-40-23-25-42-27-29-44-31-7-3-1-4-8-31/h1-10H,11-30H2. The van der Waals surface area contributed by atoms with E-state index in [4.69, 9.17) is 51.6 Å². The molecule has 0 fully saturated rings. The summed E-state index contributed by atoms with van der Waals surface area (Å²) in [5.74, 6) is 0.837. The van der Waals surface area contributed by atoms with Gasteiger partial charge in [0.15, 0.2) is 0 Å². The molecule has 2 rings (SSSR count). The molecular weight excluding hydrogens is 624 g/mol. The van der Waals surface area contributed by atoms with E-state index >= 15 is 0 Å². The van der Waals surface area contributed by atoms with Crippen LogP contribution in [0.4, 0.5) is 0 Å². The van der Waals surface area contributed by atoms with Crippen molar-refractivity contribution in [1.82, 2.24) is 0 Å². The summed E-state index contributed by atoms with van der Waals surface area (Å²) >= 11 is 0. The summed E-state index contributed by atoms with van der Waals surface area (Å²) in [5.41, 5.74) is 0. The number of ether oxygens (including phenoxy) is 10. The summed E-state index contributed by atoms with van der Waals surface area (Å²) in [6, 6.07) is 17.6. The molecule has 0 heterocycles. The zero-order chi connectivity index (χ0) is 32.6. The Morgan fingerprint density at radius 3 is 0.978 bits per heavy atom. The normalized spacial score (nSPS) is 11.7. The third-order valence-corrected chi connectivity index (χ3v) is 7.04. The van der Waals surface area contributed by atoms with Gasteiger partial charge in [-0.2, -0.15) is 8.42 Å². The second-order valence-electron chi connectivity index (χ2n) is 9.26. The Hall–Kier alpha value is -2.21. The van der Waals surface area contributed by atoms with Gasteiger partial charge in [0, 0.05) is 0 Å². The predicted molar refractivity (Wildman–Crippen MR) is 169 cm³/mol. The zero-order valence-electron chi connectivity index (χ0n) is 26.6. The summed E-state index contributed by atoms with van der Waals surface area (Å²) < 4.78 is 83.4. The van der Waals surface area contributed by atoms with Crippen molar-refractivity contribution in [2.75, 3.05) is 132 Å². The van der Waals surface area contributed by atoms with Crippen LogP contribution in [0.2, 0.25) is 0 Å². The first-order valence-corrected chi connectivity index (χ1v) is 16.9. The van der Waals surface area contributed by atoms with Gasteiger partial charge in [0.05, 0.1) is 130 Å². The van der Waals surface area contributed by atoms with E-state index in [1.165, 1.54) is 12.1 Å². The highest BCUT2D eigenvalue weighted by Gasteiger charge is 2.13. The van der Waals surface area contributed by atoms with Gasteiger partial charge in [-0.3, -0.25) is 4.18 Å². The van der Waals surface area contributed by atoms with Gasteiger partial charge < -0.3 is 47.4 Å². The van der Waals surface area contributed by atoms with Crippen LogP contribution in [0.5, 0.6) is 5.75 Å². The van der Waals surface area contributed by atoms with E-state index in [9.17, 15) is 8.42 Å². The second kappa shape index (κ2) is 29.0. The van der Waals surface area contributed by atoms with E-state index < -0.39 is 10.1 Å². The molecule has 262 valence electrons. The van der Waals surface area contributed by atoms with Crippen molar-refractivity contribution in [1.29, 1.82) is 0 Å². The Labute approximate surface area is 273 Å². The van der Waals surface area contributed by atoms with Gasteiger partial charge in [0.1, 0.15) is 12.4 Å². The van der Waals surface area contributed by atoms with Crippen LogP contribution in [-0.2, 0) is 56.9 Å². The number of hydrogen-bond acceptors (Lipinski definition) is 13. The topological polar surface area (TPSA) is 136 Å². The van der Waals surface area contributed by atoms with Gasteiger partial charge in [-0.1, -0.05) is 36.4 Å². The molecule has 0 aliphatic heterocycles. The van der Waals surface area contributed by atoms with Gasteiger partial charge in [-0.25, -0.2) is 0 Å². The highest BCUT2D eigenvalue weighted by Crippen LogP contribution is 2.11. The molecule has 0 aromatic heterocycles. The van der Waals surface area contributed by atoms with Crippen LogP contribution >= 0.6 is 0 Å². The highest BCUT2D eigenvalue weighted by molar-refractivity contribution is 7.86. The fraction of sp³-hybridized carbons (Fsp3) is 0.625. The van der Waals surface area contributed by atoms with Gasteiger partial charge in [0.2, 0.25) is 0 Å². The Bertz CT molecular complexity index is 1030. The molecule has 0 saturated heterocycles. The van der Waals surface area contributed by atoms with E-state index in [1.54, 1.807) is 18.2 Å². The first-order chi connectivity index (χ1) is 22.7. The van der Waals surface area contributed by atoms with Gasteiger partial charge >= 0.3 is 0 Å². The average Bonchev–Trinajstić information content (AvgIpc) is 3.08. The molecule has 0 aliphatic carbocycles.